The summed E-state index contributed by atoms with van der Waals surface area (Å²) in [7, 11) is 0. The molecule has 0 radical (unpaired) electrons. The van der Waals surface area contributed by atoms with Gasteiger partial charge in [-0.3, -0.25) is 4.79 Å². The van der Waals surface area contributed by atoms with Gasteiger partial charge < -0.3 is 5.11 Å². The maximum absolute atomic E-state index is 12.0. The molecule has 3 aliphatic carbocycles. The molecule has 0 aromatic heterocycles. The molecule has 0 spiro atoms. The molecule has 0 aliphatic heterocycles. The SMILES string of the molecule is CC1(C)[C@@H]2[C@H]3[C@H](CC[C@]3(C)O)C(=O)CC[C@H]21. The van der Waals surface area contributed by atoms with Gasteiger partial charge >= 0.3 is 0 Å². The van der Waals surface area contributed by atoms with Crippen LogP contribution in [-0.4, -0.2) is 16.5 Å². The first kappa shape index (κ1) is 10.8. The van der Waals surface area contributed by atoms with Crippen molar-refractivity contribution in [3.63, 3.8) is 0 Å². The minimum Gasteiger partial charge on any atom is -0.390 e. The molecule has 0 aromatic carbocycles. The molecular formula is C14H22O2. The van der Waals surface area contributed by atoms with Crippen molar-refractivity contribution >= 4 is 5.78 Å². The lowest BCUT2D eigenvalue weighted by molar-refractivity contribution is -0.125. The Labute approximate surface area is 97.4 Å². The number of fused-ring (bicyclic) bond motifs is 3. The van der Waals surface area contributed by atoms with Gasteiger partial charge in [-0.1, -0.05) is 13.8 Å². The van der Waals surface area contributed by atoms with E-state index in [2.05, 4.69) is 13.8 Å². The normalized spacial score (nSPS) is 54.1. The van der Waals surface area contributed by atoms with Crippen LogP contribution in [-0.2, 0) is 4.79 Å². The zero-order valence-corrected chi connectivity index (χ0v) is 10.5. The van der Waals surface area contributed by atoms with Gasteiger partial charge in [-0.2, -0.15) is 0 Å². The minimum absolute atomic E-state index is 0.159. The quantitative estimate of drug-likeness (QED) is 0.683. The van der Waals surface area contributed by atoms with Crippen LogP contribution in [0.25, 0.3) is 0 Å². The van der Waals surface area contributed by atoms with Crippen molar-refractivity contribution in [1.29, 1.82) is 0 Å². The van der Waals surface area contributed by atoms with Crippen molar-refractivity contribution in [3.05, 3.63) is 0 Å². The lowest BCUT2D eigenvalue weighted by atomic mass is 9.79. The van der Waals surface area contributed by atoms with Crippen molar-refractivity contribution in [2.75, 3.05) is 0 Å². The molecule has 0 unspecified atom stereocenters. The number of ketones is 1. The van der Waals surface area contributed by atoms with Crippen molar-refractivity contribution in [1.82, 2.24) is 0 Å². The van der Waals surface area contributed by atoms with Gasteiger partial charge in [0.05, 0.1) is 5.60 Å². The number of carbonyl (C=O) groups excluding carboxylic acids is 1. The summed E-state index contributed by atoms with van der Waals surface area (Å²) in [6.45, 7) is 6.56. The molecule has 5 atom stereocenters. The number of aliphatic hydroxyl groups is 1. The highest BCUT2D eigenvalue weighted by molar-refractivity contribution is 5.82. The molecule has 3 saturated carbocycles. The average molecular weight is 222 g/mol. The van der Waals surface area contributed by atoms with Crippen LogP contribution in [0.15, 0.2) is 0 Å². The van der Waals surface area contributed by atoms with E-state index in [0.29, 0.717) is 23.0 Å². The van der Waals surface area contributed by atoms with Gasteiger partial charge in [0.25, 0.3) is 0 Å². The maximum Gasteiger partial charge on any atom is 0.136 e. The smallest absolute Gasteiger partial charge is 0.136 e. The second kappa shape index (κ2) is 2.90. The van der Waals surface area contributed by atoms with Crippen LogP contribution in [0, 0.1) is 29.1 Å². The second-order valence-corrected chi connectivity index (χ2v) is 6.99. The maximum atomic E-state index is 12.0. The third-order valence-electron chi connectivity index (χ3n) is 5.75. The molecular weight excluding hydrogens is 200 g/mol. The summed E-state index contributed by atoms with van der Waals surface area (Å²) < 4.78 is 0. The van der Waals surface area contributed by atoms with Crippen molar-refractivity contribution in [2.45, 2.75) is 52.1 Å². The zero-order valence-electron chi connectivity index (χ0n) is 10.5. The summed E-state index contributed by atoms with van der Waals surface area (Å²) in [6, 6.07) is 0. The van der Waals surface area contributed by atoms with Crippen molar-refractivity contribution in [3.8, 4) is 0 Å². The number of Topliss-reactive ketones (excluding diaryl/α,β-unsaturated/α-hetero) is 1. The largest absolute Gasteiger partial charge is 0.390 e. The van der Waals surface area contributed by atoms with E-state index in [1.54, 1.807) is 0 Å². The highest BCUT2D eigenvalue weighted by atomic mass is 16.3. The third-order valence-corrected chi connectivity index (χ3v) is 5.75. The van der Waals surface area contributed by atoms with E-state index in [4.69, 9.17) is 0 Å². The monoisotopic (exact) mass is 222 g/mol. The fourth-order valence-electron chi connectivity index (χ4n) is 4.76. The van der Waals surface area contributed by atoms with Crippen LogP contribution in [0.3, 0.4) is 0 Å². The lowest BCUT2D eigenvalue weighted by Crippen LogP contribution is -2.36. The van der Waals surface area contributed by atoms with Crippen LogP contribution in [0.4, 0.5) is 0 Å². The van der Waals surface area contributed by atoms with E-state index in [1.807, 2.05) is 6.92 Å². The van der Waals surface area contributed by atoms with E-state index >= 15 is 0 Å². The summed E-state index contributed by atoms with van der Waals surface area (Å²) in [5.74, 6) is 2.08. The molecule has 0 amide bonds. The van der Waals surface area contributed by atoms with E-state index in [-0.39, 0.29) is 11.8 Å². The van der Waals surface area contributed by atoms with Crippen LogP contribution < -0.4 is 0 Å². The first-order valence-corrected chi connectivity index (χ1v) is 6.61. The second-order valence-electron chi connectivity index (χ2n) is 6.99. The molecule has 3 rings (SSSR count). The van der Waals surface area contributed by atoms with E-state index < -0.39 is 5.60 Å². The first-order valence-electron chi connectivity index (χ1n) is 6.61. The van der Waals surface area contributed by atoms with Gasteiger partial charge in [-0.05, 0) is 43.4 Å². The Balaban J connectivity index is 1.98. The number of carbonyl (C=O) groups is 1. The Bertz CT molecular complexity index is 343. The van der Waals surface area contributed by atoms with Gasteiger partial charge in [0.1, 0.15) is 5.78 Å². The topological polar surface area (TPSA) is 37.3 Å². The third kappa shape index (κ3) is 1.20. The molecule has 2 heteroatoms. The molecule has 90 valence electrons. The van der Waals surface area contributed by atoms with Gasteiger partial charge in [0.2, 0.25) is 0 Å². The lowest BCUT2D eigenvalue weighted by Gasteiger charge is -2.30. The van der Waals surface area contributed by atoms with E-state index in [0.717, 1.165) is 25.7 Å². The molecule has 2 nitrogen and oxygen atoms in total. The summed E-state index contributed by atoms with van der Waals surface area (Å²) in [5.41, 5.74) is -0.237. The Morgan fingerprint density at radius 1 is 1.19 bits per heavy atom. The number of hydrogen-bond acceptors (Lipinski definition) is 2. The molecule has 0 heterocycles. The van der Waals surface area contributed by atoms with Gasteiger partial charge in [0.15, 0.2) is 0 Å². The standard InChI is InChI=1S/C14H22O2/c1-13(2)9-4-5-10(15)8-6-7-14(3,16)11(8)12(9)13/h8-9,11-12,16H,4-7H2,1-3H3/t8-,9-,11-,12+,14+/m1/s1. The molecule has 3 aliphatic rings. The van der Waals surface area contributed by atoms with E-state index in [1.165, 1.54) is 0 Å². The van der Waals surface area contributed by atoms with Gasteiger partial charge in [-0.25, -0.2) is 0 Å². The van der Waals surface area contributed by atoms with Gasteiger partial charge in [0, 0.05) is 18.3 Å². The average Bonchev–Trinajstić information content (AvgIpc) is 2.61. The Hall–Kier alpha value is -0.370. The number of hydrogen-bond donors (Lipinski definition) is 1. The summed E-state index contributed by atoms with van der Waals surface area (Å²) >= 11 is 0. The molecule has 0 saturated heterocycles. The fraction of sp³-hybridized carbons (Fsp3) is 0.929. The Morgan fingerprint density at radius 3 is 2.56 bits per heavy atom. The predicted molar refractivity (Wildman–Crippen MR) is 61.8 cm³/mol. The molecule has 3 fully saturated rings. The highest BCUT2D eigenvalue weighted by Crippen LogP contribution is 2.70. The molecule has 0 bridgehead atoms. The minimum atomic E-state index is -0.596. The first-order chi connectivity index (χ1) is 7.36. The fourth-order valence-corrected chi connectivity index (χ4v) is 4.76. The van der Waals surface area contributed by atoms with Crippen molar-refractivity contribution < 1.29 is 9.90 Å². The van der Waals surface area contributed by atoms with Gasteiger partial charge in [-0.15, -0.1) is 0 Å². The molecule has 1 N–H and O–H groups in total. The van der Waals surface area contributed by atoms with Crippen LogP contribution in [0.5, 0.6) is 0 Å². The van der Waals surface area contributed by atoms with Crippen molar-refractivity contribution in [2.24, 2.45) is 29.1 Å². The summed E-state index contributed by atoms with van der Waals surface area (Å²) in [5, 5.41) is 10.5. The predicted octanol–water partition coefficient (Wildman–Crippen LogP) is 2.40. The molecule has 0 aromatic rings. The highest BCUT2D eigenvalue weighted by Gasteiger charge is 2.68. The molecule has 16 heavy (non-hydrogen) atoms. The number of rotatable bonds is 0. The van der Waals surface area contributed by atoms with E-state index in [9.17, 15) is 9.90 Å². The Morgan fingerprint density at radius 2 is 1.88 bits per heavy atom. The summed E-state index contributed by atoms with van der Waals surface area (Å²) in [4.78, 5) is 12.0. The van der Waals surface area contributed by atoms with Crippen LogP contribution >= 0.6 is 0 Å². The zero-order chi connectivity index (χ0) is 11.7. The van der Waals surface area contributed by atoms with Crippen LogP contribution in [0.1, 0.15) is 46.5 Å². The Kier molecular flexibility index (Phi) is 1.95. The summed E-state index contributed by atoms with van der Waals surface area (Å²) in [6.07, 6.45) is 3.53. The van der Waals surface area contributed by atoms with Crippen LogP contribution in [0.2, 0.25) is 0 Å².